The minimum absolute atomic E-state index is 0.104. The Kier molecular flexibility index (Phi) is 6.09. The Bertz CT molecular complexity index is 547. The van der Waals surface area contributed by atoms with Crippen molar-refractivity contribution < 1.29 is 19.4 Å². The van der Waals surface area contributed by atoms with Crippen LogP contribution in [-0.2, 0) is 20.9 Å². The SMILES string of the molecule is CC(=O)NCC1OCC(NCc2ccc(NC(C)=O)cc2)C1O. The van der Waals surface area contributed by atoms with E-state index < -0.39 is 12.2 Å². The number of hydrogen-bond donors (Lipinski definition) is 4. The molecule has 2 amide bonds. The van der Waals surface area contributed by atoms with Gasteiger partial charge < -0.3 is 25.8 Å². The van der Waals surface area contributed by atoms with E-state index in [1.54, 1.807) is 0 Å². The second kappa shape index (κ2) is 8.05. The van der Waals surface area contributed by atoms with Crippen LogP contribution in [0.5, 0.6) is 0 Å². The van der Waals surface area contributed by atoms with Gasteiger partial charge >= 0.3 is 0 Å². The smallest absolute Gasteiger partial charge is 0.221 e. The topological polar surface area (TPSA) is 99.7 Å². The van der Waals surface area contributed by atoms with Gasteiger partial charge in [-0.3, -0.25) is 9.59 Å². The van der Waals surface area contributed by atoms with Crippen LogP contribution in [-0.4, -0.2) is 48.3 Å². The Hall–Kier alpha value is -1.96. The molecule has 2 rings (SSSR count). The monoisotopic (exact) mass is 321 g/mol. The van der Waals surface area contributed by atoms with Gasteiger partial charge in [0.05, 0.1) is 18.8 Å². The summed E-state index contributed by atoms with van der Waals surface area (Å²) < 4.78 is 5.50. The Balaban J connectivity index is 1.79. The van der Waals surface area contributed by atoms with Crippen LogP contribution in [0.1, 0.15) is 19.4 Å². The van der Waals surface area contributed by atoms with Crippen molar-refractivity contribution >= 4 is 17.5 Å². The van der Waals surface area contributed by atoms with Gasteiger partial charge in [0, 0.05) is 32.6 Å². The van der Waals surface area contributed by atoms with Crippen LogP contribution in [0, 0.1) is 0 Å². The first-order valence-corrected chi connectivity index (χ1v) is 7.59. The summed E-state index contributed by atoms with van der Waals surface area (Å²) >= 11 is 0. The van der Waals surface area contributed by atoms with Crippen molar-refractivity contribution in [3.05, 3.63) is 29.8 Å². The zero-order valence-electron chi connectivity index (χ0n) is 13.3. The molecule has 126 valence electrons. The van der Waals surface area contributed by atoms with Crippen molar-refractivity contribution in [1.29, 1.82) is 0 Å². The number of carbonyl (C=O) groups is 2. The molecular weight excluding hydrogens is 298 g/mol. The molecule has 3 unspecified atom stereocenters. The summed E-state index contributed by atoms with van der Waals surface area (Å²) in [6, 6.07) is 7.31. The van der Waals surface area contributed by atoms with E-state index in [0.717, 1.165) is 11.3 Å². The quantitative estimate of drug-likeness (QED) is 0.591. The normalized spacial score (nSPS) is 23.5. The number of anilines is 1. The van der Waals surface area contributed by atoms with E-state index in [-0.39, 0.29) is 17.9 Å². The van der Waals surface area contributed by atoms with Gasteiger partial charge in [-0.15, -0.1) is 0 Å². The fourth-order valence-electron chi connectivity index (χ4n) is 2.45. The molecule has 1 heterocycles. The number of hydrogen-bond acceptors (Lipinski definition) is 5. The lowest BCUT2D eigenvalue weighted by Crippen LogP contribution is -2.44. The number of amides is 2. The molecule has 1 aliphatic rings. The number of benzene rings is 1. The lowest BCUT2D eigenvalue weighted by Gasteiger charge is -2.18. The molecule has 4 N–H and O–H groups in total. The van der Waals surface area contributed by atoms with E-state index in [1.165, 1.54) is 13.8 Å². The fraction of sp³-hybridized carbons (Fsp3) is 0.500. The van der Waals surface area contributed by atoms with Gasteiger partial charge in [0.15, 0.2) is 0 Å². The van der Waals surface area contributed by atoms with Crippen LogP contribution < -0.4 is 16.0 Å². The molecule has 1 aromatic rings. The average Bonchev–Trinajstić information content (AvgIpc) is 2.84. The fourth-order valence-corrected chi connectivity index (χ4v) is 2.45. The third-order valence-electron chi connectivity index (χ3n) is 3.68. The van der Waals surface area contributed by atoms with Crippen LogP contribution in [0.25, 0.3) is 0 Å². The molecule has 0 aliphatic carbocycles. The van der Waals surface area contributed by atoms with Crippen molar-refractivity contribution in [1.82, 2.24) is 10.6 Å². The summed E-state index contributed by atoms with van der Waals surface area (Å²) in [5, 5.41) is 18.8. The second-order valence-electron chi connectivity index (χ2n) is 5.66. The Labute approximate surface area is 135 Å². The number of rotatable bonds is 6. The summed E-state index contributed by atoms with van der Waals surface area (Å²) in [6.07, 6.45) is -1.06. The van der Waals surface area contributed by atoms with E-state index >= 15 is 0 Å². The summed E-state index contributed by atoms with van der Waals surface area (Å²) in [4.78, 5) is 21.9. The Morgan fingerprint density at radius 1 is 1.22 bits per heavy atom. The predicted molar refractivity (Wildman–Crippen MR) is 85.8 cm³/mol. The van der Waals surface area contributed by atoms with Crippen molar-refractivity contribution in [2.75, 3.05) is 18.5 Å². The molecule has 0 bridgehead atoms. The van der Waals surface area contributed by atoms with Gasteiger partial charge in [-0.25, -0.2) is 0 Å². The highest BCUT2D eigenvalue weighted by molar-refractivity contribution is 5.88. The van der Waals surface area contributed by atoms with Crippen molar-refractivity contribution in [3.63, 3.8) is 0 Å². The predicted octanol–water partition coefficient (Wildman–Crippen LogP) is -0.001000. The maximum atomic E-state index is 11.0. The van der Waals surface area contributed by atoms with Crippen molar-refractivity contribution in [2.24, 2.45) is 0 Å². The molecule has 1 aromatic carbocycles. The van der Waals surface area contributed by atoms with E-state index in [2.05, 4.69) is 16.0 Å². The molecule has 1 fully saturated rings. The maximum Gasteiger partial charge on any atom is 0.221 e. The first-order valence-electron chi connectivity index (χ1n) is 7.59. The number of ether oxygens (including phenoxy) is 1. The molecular formula is C16H23N3O4. The minimum atomic E-state index is -0.666. The van der Waals surface area contributed by atoms with Crippen LogP contribution in [0.2, 0.25) is 0 Å². The van der Waals surface area contributed by atoms with Gasteiger partial charge in [0.2, 0.25) is 11.8 Å². The molecule has 0 radical (unpaired) electrons. The van der Waals surface area contributed by atoms with Crippen molar-refractivity contribution in [2.45, 2.75) is 38.6 Å². The zero-order chi connectivity index (χ0) is 16.8. The molecule has 1 aliphatic heterocycles. The molecule has 7 nitrogen and oxygen atoms in total. The molecule has 7 heteroatoms. The van der Waals surface area contributed by atoms with Gasteiger partial charge in [-0.05, 0) is 17.7 Å². The van der Waals surface area contributed by atoms with Gasteiger partial charge in [-0.2, -0.15) is 0 Å². The molecule has 0 aromatic heterocycles. The molecule has 1 saturated heterocycles. The molecule has 23 heavy (non-hydrogen) atoms. The first kappa shape index (κ1) is 17.4. The van der Waals surface area contributed by atoms with Crippen LogP contribution >= 0.6 is 0 Å². The van der Waals surface area contributed by atoms with Gasteiger partial charge in [0.1, 0.15) is 6.10 Å². The Morgan fingerprint density at radius 3 is 2.52 bits per heavy atom. The highest BCUT2D eigenvalue weighted by Gasteiger charge is 2.35. The summed E-state index contributed by atoms with van der Waals surface area (Å²) in [5.41, 5.74) is 1.79. The number of carbonyl (C=O) groups excluding carboxylic acids is 2. The summed E-state index contributed by atoms with van der Waals surface area (Å²) in [5.74, 6) is -0.246. The number of nitrogens with one attached hydrogen (secondary N) is 3. The van der Waals surface area contributed by atoms with Crippen LogP contribution in [0.3, 0.4) is 0 Å². The lowest BCUT2D eigenvalue weighted by atomic mass is 10.1. The van der Waals surface area contributed by atoms with E-state index in [9.17, 15) is 14.7 Å². The second-order valence-corrected chi connectivity index (χ2v) is 5.66. The molecule has 0 saturated carbocycles. The highest BCUT2D eigenvalue weighted by Crippen LogP contribution is 2.15. The summed E-state index contributed by atoms with van der Waals surface area (Å²) in [6.45, 7) is 4.18. The standard InChI is InChI=1S/C16H23N3O4/c1-10(20)17-8-15-16(22)14(9-23-15)18-7-12-3-5-13(6-4-12)19-11(2)21/h3-6,14-16,18,22H,7-9H2,1-2H3,(H,17,20)(H,19,21). The maximum absolute atomic E-state index is 11.0. The lowest BCUT2D eigenvalue weighted by molar-refractivity contribution is -0.119. The van der Waals surface area contributed by atoms with Crippen LogP contribution in [0.15, 0.2) is 24.3 Å². The van der Waals surface area contributed by atoms with Crippen molar-refractivity contribution in [3.8, 4) is 0 Å². The minimum Gasteiger partial charge on any atom is -0.389 e. The van der Waals surface area contributed by atoms with Gasteiger partial charge in [0.25, 0.3) is 0 Å². The third-order valence-corrected chi connectivity index (χ3v) is 3.68. The zero-order valence-corrected chi connectivity index (χ0v) is 13.3. The average molecular weight is 321 g/mol. The van der Waals surface area contributed by atoms with E-state index in [1.807, 2.05) is 24.3 Å². The molecule has 3 atom stereocenters. The number of aliphatic hydroxyl groups excluding tert-OH is 1. The Morgan fingerprint density at radius 2 is 1.91 bits per heavy atom. The third kappa shape index (κ3) is 5.31. The highest BCUT2D eigenvalue weighted by atomic mass is 16.5. The largest absolute Gasteiger partial charge is 0.389 e. The van der Waals surface area contributed by atoms with Crippen LogP contribution in [0.4, 0.5) is 5.69 Å². The number of aliphatic hydroxyl groups is 1. The first-order chi connectivity index (χ1) is 11.0. The summed E-state index contributed by atoms with van der Waals surface area (Å²) in [7, 11) is 0. The van der Waals surface area contributed by atoms with E-state index in [4.69, 9.17) is 4.74 Å². The molecule has 0 spiro atoms. The van der Waals surface area contributed by atoms with Gasteiger partial charge in [-0.1, -0.05) is 12.1 Å². The van der Waals surface area contributed by atoms with E-state index in [0.29, 0.717) is 19.7 Å².